The molecular weight excluding hydrogens is 364 g/mol. The lowest BCUT2D eigenvalue weighted by Gasteiger charge is -2.27. The normalized spacial score (nSPS) is 15.1. The molecule has 0 aliphatic carbocycles. The third kappa shape index (κ3) is 9.20. The van der Waals surface area contributed by atoms with Crippen molar-refractivity contribution in [3.63, 3.8) is 0 Å². The highest BCUT2D eigenvalue weighted by molar-refractivity contribution is 7.96. The molecule has 0 aromatic heterocycles. The predicted molar refractivity (Wildman–Crippen MR) is 117 cm³/mol. The summed E-state index contributed by atoms with van der Waals surface area (Å²) in [6, 6.07) is 0.163. The molecule has 1 heterocycles. The first-order valence-electron chi connectivity index (χ1n) is 10.6. The minimum Gasteiger partial charge on any atom is -0.252 e. The SMILES string of the molecule is CCCCN(CCCC)SN1CCN(SN(CCCC)CCCC)C1=O. The van der Waals surface area contributed by atoms with Gasteiger partial charge in [0.1, 0.15) is 0 Å². The molecule has 0 atom stereocenters. The van der Waals surface area contributed by atoms with Crippen molar-refractivity contribution in [3.05, 3.63) is 0 Å². The van der Waals surface area contributed by atoms with E-state index in [1.54, 1.807) is 24.3 Å². The van der Waals surface area contributed by atoms with Crippen LogP contribution in [0.3, 0.4) is 0 Å². The van der Waals surface area contributed by atoms with Gasteiger partial charge in [-0.2, -0.15) is 0 Å². The van der Waals surface area contributed by atoms with E-state index in [0.29, 0.717) is 0 Å². The molecule has 0 N–H and O–H groups in total. The number of urea groups is 1. The summed E-state index contributed by atoms with van der Waals surface area (Å²) in [5.74, 6) is 0. The summed E-state index contributed by atoms with van der Waals surface area (Å²) in [6.45, 7) is 14.8. The predicted octanol–water partition coefficient (Wildman–Crippen LogP) is 5.65. The van der Waals surface area contributed by atoms with Crippen LogP contribution < -0.4 is 0 Å². The molecule has 0 bridgehead atoms. The maximum Gasteiger partial charge on any atom is 0.342 e. The number of amides is 2. The molecule has 5 nitrogen and oxygen atoms in total. The number of carbonyl (C=O) groups is 1. The van der Waals surface area contributed by atoms with Crippen molar-refractivity contribution >= 4 is 30.3 Å². The largest absolute Gasteiger partial charge is 0.342 e. The van der Waals surface area contributed by atoms with Crippen molar-refractivity contribution in [2.45, 2.75) is 79.1 Å². The lowest BCUT2D eigenvalue weighted by atomic mass is 10.3. The summed E-state index contributed by atoms with van der Waals surface area (Å²) >= 11 is 3.30. The average molecular weight is 405 g/mol. The van der Waals surface area contributed by atoms with Gasteiger partial charge < -0.3 is 0 Å². The molecule has 7 heteroatoms. The van der Waals surface area contributed by atoms with Crippen LogP contribution in [-0.4, -0.2) is 62.5 Å². The molecule has 0 radical (unpaired) electrons. The fraction of sp³-hybridized carbons (Fsp3) is 0.947. The summed E-state index contributed by atoms with van der Waals surface area (Å²) < 4.78 is 8.67. The van der Waals surface area contributed by atoms with Crippen LogP contribution in [0.25, 0.3) is 0 Å². The van der Waals surface area contributed by atoms with Crippen LogP contribution in [0, 0.1) is 0 Å². The first-order valence-corrected chi connectivity index (χ1v) is 12.1. The summed E-state index contributed by atoms with van der Waals surface area (Å²) in [5.41, 5.74) is 0. The second-order valence-corrected chi connectivity index (χ2v) is 9.16. The maximum absolute atomic E-state index is 12.8. The Morgan fingerprint density at radius 2 is 1.00 bits per heavy atom. The summed E-state index contributed by atoms with van der Waals surface area (Å²) in [5, 5.41) is 0. The first kappa shape index (κ1) is 23.9. The van der Waals surface area contributed by atoms with Crippen LogP contribution in [0.2, 0.25) is 0 Å². The molecule has 1 rings (SSSR count). The Morgan fingerprint density at radius 1 is 0.692 bits per heavy atom. The third-order valence-corrected chi connectivity index (χ3v) is 6.67. The highest BCUT2D eigenvalue weighted by Crippen LogP contribution is 2.29. The minimum absolute atomic E-state index is 0.163. The molecule has 0 spiro atoms. The Labute approximate surface area is 170 Å². The van der Waals surface area contributed by atoms with Crippen molar-refractivity contribution < 1.29 is 4.79 Å². The van der Waals surface area contributed by atoms with E-state index in [1.807, 2.05) is 8.61 Å². The number of unbranched alkanes of at least 4 members (excludes halogenated alkanes) is 4. The zero-order valence-electron chi connectivity index (χ0n) is 17.4. The Bertz CT molecular complexity index is 325. The molecule has 0 aromatic carbocycles. The van der Waals surface area contributed by atoms with Gasteiger partial charge in [-0.3, -0.25) is 8.61 Å². The van der Waals surface area contributed by atoms with E-state index in [0.717, 1.165) is 39.3 Å². The van der Waals surface area contributed by atoms with Crippen molar-refractivity contribution in [1.82, 2.24) is 17.2 Å². The van der Waals surface area contributed by atoms with Gasteiger partial charge in [0.05, 0.1) is 13.1 Å². The van der Waals surface area contributed by atoms with Crippen LogP contribution in [0.4, 0.5) is 4.79 Å². The van der Waals surface area contributed by atoms with Gasteiger partial charge >= 0.3 is 6.03 Å². The van der Waals surface area contributed by atoms with Gasteiger partial charge in [-0.05, 0) is 25.7 Å². The number of rotatable bonds is 16. The van der Waals surface area contributed by atoms with E-state index >= 15 is 0 Å². The summed E-state index contributed by atoms with van der Waals surface area (Å²) in [7, 11) is 0. The second kappa shape index (κ2) is 14.9. The van der Waals surface area contributed by atoms with Crippen LogP contribution in [0.1, 0.15) is 79.1 Å². The van der Waals surface area contributed by atoms with E-state index in [2.05, 4.69) is 36.3 Å². The smallest absolute Gasteiger partial charge is 0.252 e. The minimum atomic E-state index is 0.163. The monoisotopic (exact) mass is 404 g/mol. The Balaban J connectivity index is 2.52. The lowest BCUT2D eigenvalue weighted by molar-refractivity contribution is 0.226. The Morgan fingerprint density at radius 3 is 1.27 bits per heavy atom. The molecule has 0 saturated carbocycles. The number of hydrogen-bond acceptors (Lipinski definition) is 5. The molecule has 1 aliphatic rings. The van der Waals surface area contributed by atoms with E-state index in [4.69, 9.17) is 0 Å². The van der Waals surface area contributed by atoms with Gasteiger partial charge in [0, 0.05) is 50.4 Å². The highest BCUT2D eigenvalue weighted by atomic mass is 32.2. The Hall–Kier alpha value is -0.110. The van der Waals surface area contributed by atoms with Crippen LogP contribution in [0.5, 0.6) is 0 Å². The second-order valence-electron chi connectivity index (χ2n) is 6.92. The fourth-order valence-electron chi connectivity index (χ4n) is 2.65. The van der Waals surface area contributed by atoms with Gasteiger partial charge in [-0.15, -0.1) is 0 Å². The van der Waals surface area contributed by atoms with E-state index in [1.165, 1.54) is 51.4 Å². The van der Waals surface area contributed by atoms with Gasteiger partial charge in [0.25, 0.3) is 0 Å². The van der Waals surface area contributed by atoms with Gasteiger partial charge in [0.2, 0.25) is 0 Å². The summed E-state index contributed by atoms with van der Waals surface area (Å²) in [4.78, 5) is 12.8. The third-order valence-electron chi connectivity index (χ3n) is 4.41. The average Bonchev–Trinajstić information content (AvgIpc) is 2.99. The lowest BCUT2D eigenvalue weighted by Crippen LogP contribution is -2.32. The fourth-order valence-corrected chi connectivity index (χ4v) is 4.77. The molecule has 26 heavy (non-hydrogen) atoms. The van der Waals surface area contributed by atoms with Crippen molar-refractivity contribution in [2.24, 2.45) is 0 Å². The van der Waals surface area contributed by atoms with Gasteiger partial charge in [0.15, 0.2) is 0 Å². The zero-order chi connectivity index (χ0) is 19.2. The first-order chi connectivity index (χ1) is 12.7. The van der Waals surface area contributed by atoms with Gasteiger partial charge in [-0.25, -0.2) is 13.4 Å². The van der Waals surface area contributed by atoms with E-state index < -0.39 is 0 Å². The molecule has 1 aliphatic heterocycles. The van der Waals surface area contributed by atoms with Crippen molar-refractivity contribution in [3.8, 4) is 0 Å². The van der Waals surface area contributed by atoms with E-state index in [9.17, 15) is 4.79 Å². The molecule has 0 aromatic rings. The zero-order valence-corrected chi connectivity index (χ0v) is 19.0. The quantitative estimate of drug-likeness (QED) is 0.310. The molecule has 0 unspecified atom stereocenters. The molecular formula is C19H40N4OS2. The molecule has 2 amide bonds. The van der Waals surface area contributed by atoms with Gasteiger partial charge in [-0.1, -0.05) is 53.4 Å². The molecule has 1 fully saturated rings. The van der Waals surface area contributed by atoms with E-state index in [-0.39, 0.29) is 6.03 Å². The number of nitrogens with zero attached hydrogens (tertiary/aromatic N) is 4. The van der Waals surface area contributed by atoms with Crippen molar-refractivity contribution in [2.75, 3.05) is 39.3 Å². The summed E-state index contributed by atoms with van der Waals surface area (Å²) in [6.07, 6.45) is 9.56. The van der Waals surface area contributed by atoms with Crippen LogP contribution in [-0.2, 0) is 0 Å². The molecule has 1 saturated heterocycles. The van der Waals surface area contributed by atoms with Crippen LogP contribution >= 0.6 is 24.3 Å². The van der Waals surface area contributed by atoms with Crippen molar-refractivity contribution in [1.29, 1.82) is 0 Å². The number of carbonyl (C=O) groups excluding carboxylic acids is 1. The Kier molecular flexibility index (Phi) is 13.7. The highest BCUT2D eigenvalue weighted by Gasteiger charge is 2.32. The van der Waals surface area contributed by atoms with Crippen LogP contribution in [0.15, 0.2) is 0 Å². The molecule has 154 valence electrons. The standard InChI is InChI=1S/C19H40N4OS2/c1-5-9-13-20(14-10-6-2)25-22-17-18-23(19(22)24)26-21(15-11-7-3)16-12-8-4/h5-18H2,1-4H3. The maximum atomic E-state index is 12.8. The topological polar surface area (TPSA) is 30.0 Å². The number of hydrogen-bond donors (Lipinski definition) is 0.